The van der Waals surface area contributed by atoms with Crippen LogP contribution in [0.3, 0.4) is 0 Å². The van der Waals surface area contributed by atoms with Gasteiger partial charge < -0.3 is 50.6 Å². The largest absolute Gasteiger partial charge is 0.507 e. The summed E-state index contributed by atoms with van der Waals surface area (Å²) in [6, 6.07) is 8.43. The first-order valence-electron chi connectivity index (χ1n) is 14.7. The fourth-order valence-corrected chi connectivity index (χ4v) is 6.44. The third-order valence-corrected chi connectivity index (χ3v) is 8.92. The number of esters is 1. The molecule has 0 aromatic heterocycles. The number of hydrogen-bond acceptors (Lipinski definition) is 14. The maximum Gasteiger partial charge on any atom is 0.342 e. The third-order valence-electron chi connectivity index (χ3n) is 8.92. The van der Waals surface area contributed by atoms with Gasteiger partial charge in [0.2, 0.25) is 11.6 Å². The number of fused-ring (bicyclic) bond motifs is 3. The molecule has 47 heavy (non-hydrogen) atoms. The number of carbonyl (C=O) groups is 4. The van der Waals surface area contributed by atoms with Crippen LogP contribution in [0.4, 0.5) is 0 Å². The second kappa shape index (κ2) is 11.7. The number of hydrogen-bond donors (Lipinski definition) is 7. The van der Waals surface area contributed by atoms with Crippen LogP contribution in [-0.2, 0) is 25.4 Å². The minimum atomic E-state index is -2.42. The van der Waals surface area contributed by atoms with Crippen LogP contribution < -0.4 is 5.73 Å². The normalized spacial score (nSPS) is 26.6. The van der Waals surface area contributed by atoms with E-state index in [1.54, 1.807) is 6.92 Å². The summed E-state index contributed by atoms with van der Waals surface area (Å²) in [6.07, 6.45) is -5.83. The number of ketones is 3. The standard InChI is InChI=1S/C33H31NO13/c1-13-27(38)17(34)9-22(46-13)47-20-11-33(44,21(37)12-45-32(43)14-5-2-3-7-18(14)35)10-16-24(20)31(42)26-25(29(16)40)28(39)15-6-4-8-19(36)23(15)30(26)41/h2-8,13,17,20,22,27,35-36,38,40,42,44H,9-12,34H2,1H3/t13-,17-,20?,22-,27+,33?/m0/s1. The fraction of sp³-hybridized carbons (Fsp3) is 0.333. The first-order chi connectivity index (χ1) is 22.2. The molecule has 6 rings (SSSR count). The van der Waals surface area contributed by atoms with Gasteiger partial charge in [-0.15, -0.1) is 0 Å². The van der Waals surface area contributed by atoms with Gasteiger partial charge in [-0.25, -0.2) is 4.79 Å². The molecular formula is C33H31NO13. The van der Waals surface area contributed by atoms with E-state index in [4.69, 9.17) is 19.9 Å². The molecule has 1 saturated heterocycles. The van der Waals surface area contributed by atoms with Crippen molar-refractivity contribution in [3.63, 3.8) is 0 Å². The average Bonchev–Trinajstić information content (AvgIpc) is 3.02. The number of phenolic OH excluding ortho intramolecular Hbond substituents is 4. The number of aliphatic hydroxyl groups excluding tert-OH is 1. The van der Waals surface area contributed by atoms with E-state index >= 15 is 0 Å². The summed E-state index contributed by atoms with van der Waals surface area (Å²) < 4.78 is 16.9. The molecule has 246 valence electrons. The SMILES string of the molecule is C[C@@H]1O[C@@H](OC2CC(O)(C(=O)COC(=O)c3ccccc3O)Cc3c(O)c4c(c(O)c32)C(=O)c2c(O)cccc2C4=O)C[C@H](N)[C@@H]1O. The lowest BCUT2D eigenvalue weighted by atomic mass is 9.72. The molecule has 14 nitrogen and oxygen atoms in total. The molecule has 0 bridgehead atoms. The van der Waals surface area contributed by atoms with E-state index in [2.05, 4.69) is 0 Å². The summed E-state index contributed by atoms with van der Waals surface area (Å²) in [5.41, 5.74) is 1.07. The summed E-state index contributed by atoms with van der Waals surface area (Å²) in [7, 11) is 0. The quantitative estimate of drug-likeness (QED) is 0.115. The Morgan fingerprint density at radius 1 is 0.957 bits per heavy atom. The van der Waals surface area contributed by atoms with Gasteiger partial charge in [0, 0.05) is 42.0 Å². The monoisotopic (exact) mass is 649 g/mol. The van der Waals surface area contributed by atoms with Crippen molar-refractivity contribution in [3.05, 3.63) is 81.4 Å². The van der Waals surface area contributed by atoms with Gasteiger partial charge in [0.1, 0.15) is 34.2 Å². The van der Waals surface area contributed by atoms with Crippen molar-refractivity contribution in [3.8, 4) is 23.0 Å². The van der Waals surface area contributed by atoms with Crippen LogP contribution in [0.25, 0.3) is 0 Å². The summed E-state index contributed by atoms with van der Waals surface area (Å²) in [5.74, 6) is -6.46. The molecule has 0 radical (unpaired) electrons. The molecule has 2 aliphatic carbocycles. The molecule has 6 atom stereocenters. The number of aliphatic hydroxyl groups is 2. The van der Waals surface area contributed by atoms with Crippen molar-refractivity contribution in [2.45, 2.75) is 62.4 Å². The molecule has 0 saturated carbocycles. The van der Waals surface area contributed by atoms with E-state index in [1.807, 2.05) is 0 Å². The third kappa shape index (κ3) is 5.29. The first-order valence-corrected chi connectivity index (χ1v) is 14.7. The molecule has 3 aliphatic rings. The van der Waals surface area contributed by atoms with Gasteiger partial charge in [0.15, 0.2) is 18.7 Å². The van der Waals surface area contributed by atoms with E-state index in [9.17, 15) is 49.8 Å². The van der Waals surface area contributed by atoms with Gasteiger partial charge in [0.25, 0.3) is 0 Å². The van der Waals surface area contributed by atoms with Crippen molar-refractivity contribution in [1.29, 1.82) is 0 Å². The first kappa shape index (κ1) is 32.1. The number of benzene rings is 3. The van der Waals surface area contributed by atoms with E-state index in [0.717, 1.165) is 0 Å². The van der Waals surface area contributed by atoms with Crippen molar-refractivity contribution in [2.24, 2.45) is 5.73 Å². The van der Waals surface area contributed by atoms with Gasteiger partial charge in [-0.1, -0.05) is 24.3 Å². The zero-order chi connectivity index (χ0) is 33.9. The van der Waals surface area contributed by atoms with E-state index in [1.165, 1.54) is 42.5 Å². The predicted molar refractivity (Wildman–Crippen MR) is 158 cm³/mol. The lowest BCUT2D eigenvalue weighted by Crippen LogP contribution is -2.53. The zero-order valence-corrected chi connectivity index (χ0v) is 24.9. The summed E-state index contributed by atoms with van der Waals surface area (Å²) in [5, 5.41) is 65.5. The smallest absolute Gasteiger partial charge is 0.342 e. The van der Waals surface area contributed by atoms with Crippen LogP contribution in [-0.4, -0.2) is 90.7 Å². The van der Waals surface area contributed by atoms with E-state index < -0.39 is 113 Å². The second-order valence-corrected chi connectivity index (χ2v) is 11.9. The molecule has 1 aliphatic heterocycles. The van der Waals surface area contributed by atoms with Crippen LogP contribution in [0.15, 0.2) is 42.5 Å². The highest BCUT2D eigenvalue weighted by Gasteiger charge is 2.50. The number of carbonyl (C=O) groups excluding carboxylic acids is 4. The van der Waals surface area contributed by atoms with Crippen molar-refractivity contribution < 1.29 is 64.0 Å². The van der Waals surface area contributed by atoms with Crippen molar-refractivity contribution >= 4 is 23.3 Å². The number of ether oxygens (including phenoxy) is 3. The van der Waals surface area contributed by atoms with Crippen LogP contribution >= 0.6 is 0 Å². The number of para-hydroxylation sites is 1. The Balaban J connectivity index is 1.41. The van der Waals surface area contributed by atoms with Gasteiger partial charge in [0.05, 0.1) is 35.0 Å². The molecule has 8 N–H and O–H groups in total. The Morgan fingerprint density at radius 3 is 2.34 bits per heavy atom. The highest BCUT2D eigenvalue weighted by molar-refractivity contribution is 6.31. The lowest BCUT2D eigenvalue weighted by Gasteiger charge is -2.42. The van der Waals surface area contributed by atoms with Gasteiger partial charge in [-0.05, 0) is 25.1 Å². The molecule has 1 heterocycles. The Hall–Kier alpha value is -4.86. The van der Waals surface area contributed by atoms with Gasteiger partial charge in [-0.2, -0.15) is 0 Å². The molecule has 1 fully saturated rings. The highest BCUT2D eigenvalue weighted by atomic mass is 16.7. The van der Waals surface area contributed by atoms with Crippen molar-refractivity contribution in [1.82, 2.24) is 0 Å². The Kier molecular flexibility index (Phi) is 8.02. The molecule has 0 amide bonds. The topological polar surface area (TPSA) is 243 Å². The van der Waals surface area contributed by atoms with Crippen LogP contribution in [0, 0.1) is 0 Å². The second-order valence-electron chi connectivity index (χ2n) is 11.9. The number of Topliss-reactive ketones (excluding diaryl/α,β-unsaturated/α-hetero) is 1. The zero-order valence-electron chi connectivity index (χ0n) is 24.9. The summed E-state index contributed by atoms with van der Waals surface area (Å²) in [4.78, 5) is 53.3. The minimum absolute atomic E-state index is 0.0573. The number of phenols is 4. The van der Waals surface area contributed by atoms with E-state index in [0.29, 0.717) is 0 Å². The number of nitrogens with two attached hydrogens (primary N) is 1. The van der Waals surface area contributed by atoms with Gasteiger partial charge >= 0.3 is 5.97 Å². The molecule has 2 unspecified atom stereocenters. The molecule has 3 aromatic carbocycles. The Bertz CT molecular complexity index is 1830. The Morgan fingerprint density at radius 2 is 1.64 bits per heavy atom. The molecule has 0 spiro atoms. The van der Waals surface area contributed by atoms with Crippen LogP contribution in [0.1, 0.15) is 79.2 Å². The summed E-state index contributed by atoms with van der Waals surface area (Å²) >= 11 is 0. The van der Waals surface area contributed by atoms with Crippen molar-refractivity contribution in [2.75, 3.05) is 6.61 Å². The molecular weight excluding hydrogens is 618 g/mol. The maximum absolute atomic E-state index is 13.6. The summed E-state index contributed by atoms with van der Waals surface area (Å²) in [6.45, 7) is 0.572. The molecule has 14 heteroatoms. The highest BCUT2D eigenvalue weighted by Crippen LogP contribution is 2.52. The average molecular weight is 650 g/mol. The number of aromatic hydroxyl groups is 4. The molecule has 3 aromatic rings. The lowest BCUT2D eigenvalue weighted by molar-refractivity contribution is -0.247. The van der Waals surface area contributed by atoms with Gasteiger partial charge in [-0.3, -0.25) is 14.4 Å². The minimum Gasteiger partial charge on any atom is -0.507 e. The fourth-order valence-electron chi connectivity index (χ4n) is 6.44. The van der Waals surface area contributed by atoms with Crippen LogP contribution in [0.5, 0.6) is 23.0 Å². The van der Waals surface area contributed by atoms with E-state index in [-0.39, 0.29) is 34.2 Å². The Labute approximate surface area is 266 Å². The predicted octanol–water partition coefficient (Wildman–Crippen LogP) is 1.27. The number of rotatable bonds is 6. The van der Waals surface area contributed by atoms with Crippen LogP contribution in [0.2, 0.25) is 0 Å². The maximum atomic E-state index is 13.6.